The molecule has 1 unspecified atom stereocenters. The van der Waals surface area contributed by atoms with Gasteiger partial charge in [0.05, 0.1) is 0 Å². The number of hydrogen-bond acceptors (Lipinski definition) is 2. The molecule has 0 saturated heterocycles. The lowest BCUT2D eigenvalue weighted by atomic mass is 9.96. The highest BCUT2D eigenvalue weighted by Gasteiger charge is 2.06. The lowest BCUT2D eigenvalue weighted by molar-refractivity contribution is 0.665. The topological polar surface area (TPSA) is 41.6 Å². The summed E-state index contributed by atoms with van der Waals surface area (Å²) in [5.74, 6) is 0.612. The molecule has 74 valence electrons. The number of rotatable bonds is 3. The zero-order valence-corrected chi connectivity index (χ0v) is 8.62. The van der Waals surface area contributed by atoms with Gasteiger partial charge in [0.2, 0.25) is 0 Å². The van der Waals surface area contributed by atoms with Crippen molar-refractivity contribution >= 4 is 11.0 Å². The smallest absolute Gasteiger partial charge is 0.113 e. The Morgan fingerprint density at radius 3 is 2.86 bits per heavy atom. The van der Waals surface area contributed by atoms with Crippen LogP contribution in [0.5, 0.6) is 0 Å². The van der Waals surface area contributed by atoms with Crippen molar-refractivity contribution in [3.05, 3.63) is 23.8 Å². The van der Waals surface area contributed by atoms with Crippen molar-refractivity contribution in [3.8, 4) is 0 Å². The number of hydrogen-bond donors (Lipinski definition) is 1. The summed E-state index contributed by atoms with van der Waals surface area (Å²) in [6.07, 6.45) is 2.45. The van der Waals surface area contributed by atoms with E-state index in [4.69, 9.17) is 0 Å². The first-order valence-corrected chi connectivity index (χ1v) is 5.11. The first-order valence-electron chi connectivity index (χ1n) is 5.11. The molecule has 0 aliphatic heterocycles. The first kappa shape index (κ1) is 9.19. The molecule has 1 aromatic heterocycles. The molecular weight excluding hydrogens is 174 g/mol. The Bertz CT molecular complexity index is 419. The van der Waals surface area contributed by atoms with Crippen LogP contribution in [0.25, 0.3) is 11.0 Å². The second kappa shape index (κ2) is 3.78. The molecule has 1 N–H and O–H groups in total. The van der Waals surface area contributed by atoms with E-state index in [0.29, 0.717) is 5.92 Å². The molecule has 2 rings (SSSR count). The minimum Gasteiger partial charge on any atom is -0.197 e. The van der Waals surface area contributed by atoms with Crippen LogP contribution >= 0.6 is 0 Å². The van der Waals surface area contributed by atoms with Crippen LogP contribution in [0, 0.1) is 0 Å². The number of aromatic amines is 1. The fourth-order valence-corrected chi connectivity index (χ4v) is 1.76. The Kier molecular flexibility index (Phi) is 2.48. The Morgan fingerprint density at radius 2 is 2.07 bits per heavy atom. The van der Waals surface area contributed by atoms with Crippen LogP contribution in [0.1, 0.15) is 38.2 Å². The Labute approximate surface area is 83.5 Å². The normalized spacial score (nSPS) is 13.3. The number of fused-ring (bicyclic) bond motifs is 1. The minimum atomic E-state index is 0.612. The van der Waals surface area contributed by atoms with Gasteiger partial charge in [0.25, 0.3) is 0 Å². The van der Waals surface area contributed by atoms with Crippen LogP contribution in [-0.4, -0.2) is 15.4 Å². The van der Waals surface area contributed by atoms with E-state index in [1.54, 1.807) is 0 Å². The SMILES string of the molecule is CCCC(C)c1ccc2n[nH]nc2c1. The van der Waals surface area contributed by atoms with Crippen LogP contribution in [0.2, 0.25) is 0 Å². The highest BCUT2D eigenvalue weighted by molar-refractivity contribution is 5.74. The van der Waals surface area contributed by atoms with Gasteiger partial charge in [0, 0.05) is 0 Å². The maximum absolute atomic E-state index is 4.09. The molecule has 0 fully saturated rings. The number of nitrogens with zero attached hydrogens (tertiary/aromatic N) is 2. The number of aromatic nitrogens is 3. The Balaban J connectivity index is 2.33. The summed E-state index contributed by atoms with van der Waals surface area (Å²) in [6, 6.07) is 6.30. The van der Waals surface area contributed by atoms with Gasteiger partial charge in [-0.3, -0.25) is 0 Å². The van der Waals surface area contributed by atoms with Crippen molar-refractivity contribution in [1.29, 1.82) is 0 Å². The largest absolute Gasteiger partial charge is 0.197 e. The van der Waals surface area contributed by atoms with Gasteiger partial charge in [-0.2, -0.15) is 15.4 Å². The number of H-pyrrole nitrogens is 1. The molecule has 0 spiro atoms. The zero-order chi connectivity index (χ0) is 9.97. The van der Waals surface area contributed by atoms with E-state index in [0.717, 1.165) is 11.0 Å². The van der Waals surface area contributed by atoms with Crippen molar-refractivity contribution in [2.45, 2.75) is 32.6 Å². The highest BCUT2D eigenvalue weighted by Crippen LogP contribution is 2.22. The molecular formula is C11H15N3. The van der Waals surface area contributed by atoms with E-state index in [2.05, 4.69) is 41.4 Å². The third-order valence-electron chi connectivity index (χ3n) is 2.63. The first-order chi connectivity index (χ1) is 6.81. The predicted octanol–water partition coefficient (Wildman–Crippen LogP) is 2.86. The second-order valence-electron chi connectivity index (χ2n) is 3.76. The molecule has 1 heterocycles. The maximum Gasteiger partial charge on any atom is 0.113 e. The van der Waals surface area contributed by atoms with Crippen molar-refractivity contribution in [3.63, 3.8) is 0 Å². The van der Waals surface area contributed by atoms with E-state index in [-0.39, 0.29) is 0 Å². The fourth-order valence-electron chi connectivity index (χ4n) is 1.76. The summed E-state index contributed by atoms with van der Waals surface area (Å²) in [5.41, 5.74) is 3.26. The second-order valence-corrected chi connectivity index (χ2v) is 3.76. The van der Waals surface area contributed by atoms with E-state index in [9.17, 15) is 0 Å². The van der Waals surface area contributed by atoms with Crippen LogP contribution in [0.15, 0.2) is 18.2 Å². The molecule has 0 aliphatic carbocycles. The van der Waals surface area contributed by atoms with Crippen LogP contribution in [-0.2, 0) is 0 Å². The molecule has 0 saturated carbocycles. The van der Waals surface area contributed by atoms with E-state index in [1.165, 1.54) is 18.4 Å². The summed E-state index contributed by atoms with van der Waals surface area (Å²) in [6.45, 7) is 4.47. The average molecular weight is 189 g/mol. The fraction of sp³-hybridized carbons (Fsp3) is 0.455. The van der Waals surface area contributed by atoms with Gasteiger partial charge in [-0.15, -0.1) is 0 Å². The molecule has 0 bridgehead atoms. The standard InChI is InChI=1S/C11H15N3/c1-3-4-8(2)9-5-6-10-11(7-9)13-14-12-10/h5-8H,3-4H2,1-2H3,(H,12,13,14). The average Bonchev–Trinajstić information content (AvgIpc) is 2.64. The molecule has 1 aromatic carbocycles. The summed E-state index contributed by atoms with van der Waals surface area (Å²) in [4.78, 5) is 0. The molecule has 0 radical (unpaired) electrons. The zero-order valence-electron chi connectivity index (χ0n) is 8.62. The molecule has 3 nitrogen and oxygen atoms in total. The molecule has 1 atom stereocenters. The number of nitrogens with one attached hydrogen (secondary N) is 1. The minimum absolute atomic E-state index is 0.612. The maximum atomic E-state index is 4.09. The quantitative estimate of drug-likeness (QED) is 0.806. The molecule has 2 aromatic rings. The van der Waals surface area contributed by atoms with Crippen molar-refractivity contribution in [1.82, 2.24) is 15.4 Å². The summed E-state index contributed by atoms with van der Waals surface area (Å²) in [5, 5.41) is 10.8. The van der Waals surface area contributed by atoms with E-state index in [1.807, 2.05) is 6.07 Å². The highest BCUT2D eigenvalue weighted by atomic mass is 15.3. The summed E-state index contributed by atoms with van der Waals surface area (Å²) in [7, 11) is 0. The van der Waals surface area contributed by atoms with Crippen LogP contribution in [0.3, 0.4) is 0 Å². The predicted molar refractivity (Wildman–Crippen MR) is 57.2 cm³/mol. The third-order valence-corrected chi connectivity index (χ3v) is 2.63. The Hall–Kier alpha value is -1.38. The van der Waals surface area contributed by atoms with Crippen molar-refractivity contribution < 1.29 is 0 Å². The molecule has 3 heteroatoms. The van der Waals surface area contributed by atoms with Crippen LogP contribution < -0.4 is 0 Å². The summed E-state index contributed by atoms with van der Waals surface area (Å²) >= 11 is 0. The van der Waals surface area contributed by atoms with Gasteiger partial charge < -0.3 is 0 Å². The molecule has 0 aliphatic rings. The van der Waals surface area contributed by atoms with Gasteiger partial charge in [-0.1, -0.05) is 26.3 Å². The van der Waals surface area contributed by atoms with Crippen molar-refractivity contribution in [2.24, 2.45) is 0 Å². The van der Waals surface area contributed by atoms with Crippen LogP contribution in [0.4, 0.5) is 0 Å². The Morgan fingerprint density at radius 1 is 1.29 bits per heavy atom. The van der Waals surface area contributed by atoms with E-state index >= 15 is 0 Å². The van der Waals surface area contributed by atoms with E-state index < -0.39 is 0 Å². The monoisotopic (exact) mass is 189 g/mol. The molecule has 14 heavy (non-hydrogen) atoms. The summed E-state index contributed by atoms with van der Waals surface area (Å²) < 4.78 is 0. The lowest BCUT2D eigenvalue weighted by Gasteiger charge is -2.09. The van der Waals surface area contributed by atoms with Gasteiger partial charge in [0.15, 0.2) is 0 Å². The molecule has 0 amide bonds. The van der Waals surface area contributed by atoms with Gasteiger partial charge in [-0.05, 0) is 30.0 Å². The number of benzene rings is 1. The van der Waals surface area contributed by atoms with Gasteiger partial charge in [-0.25, -0.2) is 0 Å². The van der Waals surface area contributed by atoms with Crippen molar-refractivity contribution in [2.75, 3.05) is 0 Å². The third kappa shape index (κ3) is 1.62. The lowest BCUT2D eigenvalue weighted by Crippen LogP contribution is -1.92. The van der Waals surface area contributed by atoms with Gasteiger partial charge in [0.1, 0.15) is 11.0 Å². The van der Waals surface area contributed by atoms with Gasteiger partial charge >= 0.3 is 0 Å².